The first-order chi connectivity index (χ1) is 14.4. The van der Waals surface area contributed by atoms with E-state index in [1.54, 1.807) is 11.0 Å². The number of benzene rings is 2. The molecule has 6 nitrogen and oxygen atoms in total. The SMILES string of the molecule is Cl.O=C(c1ccc(Cl)c(S(=O)(=O)N2CCCC2)c1)N1CCN(Cc2ccccc2)CC1. The molecule has 2 aliphatic heterocycles. The molecule has 0 saturated carbocycles. The lowest BCUT2D eigenvalue weighted by molar-refractivity contribution is 0.0628. The topological polar surface area (TPSA) is 60.9 Å². The molecule has 31 heavy (non-hydrogen) atoms. The second kappa shape index (κ2) is 10.3. The highest BCUT2D eigenvalue weighted by atomic mass is 35.5. The van der Waals surface area contributed by atoms with Gasteiger partial charge in [-0.25, -0.2) is 8.42 Å². The third-order valence-electron chi connectivity index (χ3n) is 5.77. The Bertz CT molecular complexity index is 1000. The van der Waals surface area contributed by atoms with Gasteiger partial charge in [-0.2, -0.15) is 4.31 Å². The van der Waals surface area contributed by atoms with Crippen LogP contribution in [0.2, 0.25) is 5.02 Å². The van der Waals surface area contributed by atoms with Crippen molar-refractivity contribution in [3.05, 3.63) is 64.7 Å². The molecular formula is C22H27Cl2N3O3S. The highest BCUT2D eigenvalue weighted by molar-refractivity contribution is 7.89. The molecule has 2 saturated heterocycles. The van der Waals surface area contributed by atoms with E-state index in [1.165, 1.54) is 22.0 Å². The van der Waals surface area contributed by atoms with Gasteiger partial charge in [-0.05, 0) is 36.6 Å². The van der Waals surface area contributed by atoms with Gasteiger partial charge in [-0.15, -0.1) is 12.4 Å². The van der Waals surface area contributed by atoms with Crippen molar-refractivity contribution < 1.29 is 13.2 Å². The van der Waals surface area contributed by atoms with Crippen LogP contribution in [0.3, 0.4) is 0 Å². The van der Waals surface area contributed by atoms with Crippen LogP contribution in [-0.4, -0.2) is 67.7 Å². The predicted octanol–water partition coefficient (Wildman–Crippen LogP) is 3.50. The van der Waals surface area contributed by atoms with E-state index in [4.69, 9.17) is 11.6 Å². The van der Waals surface area contributed by atoms with Crippen molar-refractivity contribution >= 4 is 39.9 Å². The Morgan fingerprint density at radius 3 is 2.19 bits per heavy atom. The molecule has 0 radical (unpaired) electrons. The maximum atomic E-state index is 13.0. The van der Waals surface area contributed by atoms with Gasteiger partial charge in [0.1, 0.15) is 4.90 Å². The lowest BCUT2D eigenvalue weighted by atomic mass is 10.1. The van der Waals surface area contributed by atoms with E-state index in [2.05, 4.69) is 17.0 Å². The fourth-order valence-electron chi connectivity index (χ4n) is 4.03. The third-order valence-corrected chi connectivity index (χ3v) is 8.15. The van der Waals surface area contributed by atoms with E-state index in [1.807, 2.05) is 18.2 Å². The zero-order chi connectivity index (χ0) is 21.1. The Morgan fingerprint density at radius 1 is 0.903 bits per heavy atom. The number of nitrogens with zero attached hydrogens (tertiary/aromatic N) is 3. The van der Waals surface area contributed by atoms with Crippen molar-refractivity contribution in [3.8, 4) is 0 Å². The van der Waals surface area contributed by atoms with E-state index in [9.17, 15) is 13.2 Å². The molecule has 0 bridgehead atoms. The van der Waals surface area contributed by atoms with E-state index in [0.717, 1.165) is 32.5 Å². The van der Waals surface area contributed by atoms with Crippen LogP contribution in [0.5, 0.6) is 0 Å². The van der Waals surface area contributed by atoms with E-state index >= 15 is 0 Å². The summed E-state index contributed by atoms with van der Waals surface area (Å²) in [4.78, 5) is 17.2. The molecule has 0 aliphatic carbocycles. The normalized spacial score (nSPS) is 18.0. The summed E-state index contributed by atoms with van der Waals surface area (Å²) in [6.45, 7) is 4.66. The number of amides is 1. The van der Waals surface area contributed by atoms with Gasteiger partial charge in [-0.3, -0.25) is 9.69 Å². The Morgan fingerprint density at radius 2 is 1.55 bits per heavy atom. The summed E-state index contributed by atoms with van der Waals surface area (Å²) in [7, 11) is -3.68. The lowest BCUT2D eigenvalue weighted by Crippen LogP contribution is -2.48. The summed E-state index contributed by atoms with van der Waals surface area (Å²) in [5, 5.41) is 0.158. The fourth-order valence-corrected chi connectivity index (χ4v) is 6.05. The van der Waals surface area contributed by atoms with Gasteiger partial charge >= 0.3 is 0 Å². The highest BCUT2D eigenvalue weighted by Gasteiger charge is 2.30. The largest absolute Gasteiger partial charge is 0.336 e. The zero-order valence-electron chi connectivity index (χ0n) is 17.2. The Labute approximate surface area is 195 Å². The molecule has 2 aromatic carbocycles. The van der Waals surface area contributed by atoms with E-state index in [-0.39, 0.29) is 28.2 Å². The van der Waals surface area contributed by atoms with E-state index in [0.29, 0.717) is 31.7 Å². The van der Waals surface area contributed by atoms with Crippen molar-refractivity contribution in [3.63, 3.8) is 0 Å². The average molecular weight is 484 g/mol. The number of hydrogen-bond donors (Lipinski definition) is 0. The van der Waals surface area contributed by atoms with Gasteiger partial charge < -0.3 is 4.90 Å². The minimum atomic E-state index is -3.68. The van der Waals surface area contributed by atoms with Crippen LogP contribution in [-0.2, 0) is 16.6 Å². The number of carbonyl (C=O) groups excluding carboxylic acids is 1. The first-order valence-electron chi connectivity index (χ1n) is 10.3. The Hall–Kier alpha value is -1.64. The number of carbonyl (C=O) groups is 1. The molecule has 0 atom stereocenters. The van der Waals surface area contributed by atoms with Crippen LogP contribution in [0.1, 0.15) is 28.8 Å². The van der Waals surface area contributed by atoms with Gasteiger partial charge in [0.2, 0.25) is 10.0 Å². The average Bonchev–Trinajstić information content (AvgIpc) is 3.31. The molecule has 4 rings (SSSR count). The highest BCUT2D eigenvalue weighted by Crippen LogP contribution is 2.28. The summed E-state index contributed by atoms with van der Waals surface area (Å²) in [5.41, 5.74) is 1.63. The van der Waals surface area contributed by atoms with Crippen LogP contribution < -0.4 is 0 Å². The standard InChI is InChI=1S/C22H26ClN3O3S.ClH/c23-20-9-8-19(16-21(20)30(28,29)26-10-4-5-11-26)22(27)25-14-12-24(13-15-25)17-18-6-2-1-3-7-18;/h1-3,6-9,16H,4-5,10-15,17H2;1H. The van der Waals surface area contributed by atoms with Crippen molar-refractivity contribution in [2.24, 2.45) is 0 Å². The quantitative estimate of drug-likeness (QED) is 0.652. The minimum absolute atomic E-state index is 0. The lowest BCUT2D eigenvalue weighted by Gasteiger charge is -2.35. The molecule has 0 spiro atoms. The Kier molecular flexibility index (Phi) is 7.99. The van der Waals surface area contributed by atoms with Crippen molar-refractivity contribution in [1.29, 1.82) is 0 Å². The van der Waals surface area contributed by atoms with Gasteiger partial charge in [-0.1, -0.05) is 41.9 Å². The summed E-state index contributed by atoms with van der Waals surface area (Å²) in [6.07, 6.45) is 1.70. The second-order valence-electron chi connectivity index (χ2n) is 7.81. The van der Waals surface area contributed by atoms with Gasteiger partial charge in [0.15, 0.2) is 0 Å². The maximum absolute atomic E-state index is 13.0. The van der Waals surface area contributed by atoms with Crippen molar-refractivity contribution in [2.75, 3.05) is 39.3 Å². The number of halogens is 2. The predicted molar refractivity (Wildman–Crippen MR) is 124 cm³/mol. The molecule has 2 fully saturated rings. The van der Waals surface area contributed by atoms with Crippen molar-refractivity contribution in [2.45, 2.75) is 24.3 Å². The molecule has 0 aromatic heterocycles. The smallest absolute Gasteiger partial charge is 0.253 e. The molecule has 9 heteroatoms. The van der Waals surface area contributed by atoms with Crippen LogP contribution in [0.15, 0.2) is 53.4 Å². The first-order valence-corrected chi connectivity index (χ1v) is 12.1. The second-order valence-corrected chi connectivity index (χ2v) is 10.1. The molecule has 2 heterocycles. The molecule has 2 aromatic rings. The number of piperazine rings is 1. The summed E-state index contributed by atoms with van der Waals surface area (Å²) >= 11 is 6.21. The molecule has 0 N–H and O–H groups in total. The van der Waals surface area contributed by atoms with Crippen LogP contribution in [0.4, 0.5) is 0 Å². The van der Waals surface area contributed by atoms with Gasteiger partial charge in [0.05, 0.1) is 5.02 Å². The summed E-state index contributed by atoms with van der Waals surface area (Å²) in [5.74, 6) is -0.149. The fraction of sp³-hybridized carbons (Fsp3) is 0.409. The van der Waals surface area contributed by atoms with Gasteiger partial charge in [0, 0.05) is 51.4 Å². The molecule has 168 valence electrons. The zero-order valence-corrected chi connectivity index (χ0v) is 19.6. The Balaban J connectivity index is 0.00000272. The first kappa shape index (κ1) is 24.0. The minimum Gasteiger partial charge on any atom is -0.336 e. The summed E-state index contributed by atoms with van der Waals surface area (Å²) < 4.78 is 27.3. The van der Waals surface area contributed by atoms with Crippen molar-refractivity contribution in [1.82, 2.24) is 14.1 Å². The maximum Gasteiger partial charge on any atom is 0.253 e. The van der Waals surface area contributed by atoms with Crippen LogP contribution >= 0.6 is 24.0 Å². The van der Waals surface area contributed by atoms with Gasteiger partial charge in [0.25, 0.3) is 5.91 Å². The summed E-state index contributed by atoms with van der Waals surface area (Å²) in [6, 6.07) is 14.8. The number of sulfonamides is 1. The van der Waals surface area contributed by atoms with Crippen LogP contribution in [0, 0.1) is 0 Å². The van der Waals surface area contributed by atoms with Crippen LogP contribution in [0.25, 0.3) is 0 Å². The molecule has 2 aliphatic rings. The molecule has 1 amide bonds. The van der Waals surface area contributed by atoms with E-state index < -0.39 is 10.0 Å². The monoisotopic (exact) mass is 483 g/mol. The number of hydrogen-bond acceptors (Lipinski definition) is 4. The third kappa shape index (κ3) is 5.41. The molecular weight excluding hydrogens is 457 g/mol. The number of rotatable bonds is 5. The molecule has 0 unspecified atom stereocenters.